The van der Waals surface area contributed by atoms with Gasteiger partial charge < -0.3 is 15.0 Å². The van der Waals surface area contributed by atoms with Gasteiger partial charge in [-0.2, -0.15) is 4.31 Å². The fourth-order valence-electron chi connectivity index (χ4n) is 0.787. The molecule has 0 aliphatic carbocycles. The van der Waals surface area contributed by atoms with Crippen LogP contribution in [0.2, 0.25) is 0 Å². The van der Waals surface area contributed by atoms with E-state index in [4.69, 9.17) is 10.2 Å². The van der Waals surface area contributed by atoms with Gasteiger partial charge in [0.15, 0.2) is 0 Å². The number of aliphatic hydroxyl groups is 2. The summed E-state index contributed by atoms with van der Waals surface area (Å²) >= 11 is 1.28. The third-order valence-electron chi connectivity index (χ3n) is 1.32. The van der Waals surface area contributed by atoms with Crippen LogP contribution in [0, 0.1) is 0 Å². The molecule has 58 valence electrons. The summed E-state index contributed by atoms with van der Waals surface area (Å²) in [5, 5.41) is 18.2. The first-order valence-electron chi connectivity index (χ1n) is 2.96. The molecule has 0 unspecified atom stereocenters. The topological polar surface area (TPSA) is 60.8 Å². The fourth-order valence-corrected chi connectivity index (χ4v) is 1.84. The zero-order valence-corrected chi connectivity index (χ0v) is 6.17. The van der Waals surface area contributed by atoms with E-state index in [2.05, 4.69) is 0 Å². The highest BCUT2D eigenvalue weighted by Gasteiger charge is 2.37. The Bertz CT molecular complexity index is 139. The third-order valence-corrected chi connectivity index (χ3v) is 2.46. The summed E-state index contributed by atoms with van der Waals surface area (Å²) in [4.78, 5) is 9.97. The summed E-state index contributed by atoms with van der Waals surface area (Å²) in [7, 11) is 0. The highest BCUT2D eigenvalue weighted by molar-refractivity contribution is 7.97. The van der Waals surface area contributed by atoms with Gasteiger partial charge in [0.2, 0.25) is 5.91 Å². The van der Waals surface area contributed by atoms with Crippen LogP contribution in [0.25, 0.3) is 0 Å². The highest BCUT2D eigenvalue weighted by atomic mass is 32.2. The molecule has 0 aromatic rings. The second-order valence-corrected chi connectivity index (χ2v) is 3.19. The lowest BCUT2D eigenvalue weighted by Crippen LogP contribution is -2.41. The van der Waals surface area contributed by atoms with Gasteiger partial charge in [0.05, 0.1) is 6.54 Å². The highest BCUT2D eigenvalue weighted by Crippen LogP contribution is 2.30. The molecule has 0 spiro atoms. The first-order chi connectivity index (χ1) is 4.67. The van der Waals surface area contributed by atoms with Crippen molar-refractivity contribution in [2.24, 2.45) is 0 Å². The van der Waals surface area contributed by atoms with E-state index in [9.17, 15) is 4.79 Å². The average Bonchev–Trinajstić information content (AvgIpc) is 2.13. The number of hydrogen-bond donors (Lipinski definition) is 2. The molecular weight excluding hydrogens is 154 g/mol. The maximum absolute atomic E-state index is 9.97. The first-order valence-corrected chi connectivity index (χ1v) is 3.90. The lowest BCUT2D eigenvalue weighted by atomic mass is 10.3. The number of hydrogen-bond acceptors (Lipinski definition) is 5. The Balaban J connectivity index is 2.50. The Morgan fingerprint density at radius 2 is 2.40 bits per heavy atom. The second kappa shape index (κ2) is 2.87. The summed E-state index contributed by atoms with van der Waals surface area (Å²) in [6, 6.07) is 0. The Kier molecular flexibility index (Phi) is 2.30. The van der Waals surface area contributed by atoms with Crippen molar-refractivity contribution in [2.75, 3.05) is 12.3 Å². The molecule has 0 bridgehead atoms. The zero-order valence-electron chi connectivity index (χ0n) is 5.36. The molecule has 4 nitrogen and oxygen atoms in total. The van der Waals surface area contributed by atoms with Gasteiger partial charge >= 0.3 is 0 Å². The van der Waals surface area contributed by atoms with Crippen LogP contribution in [0.1, 0.15) is 6.42 Å². The SMILES string of the molecule is O=CCN1SCCC1(O)O. The second-order valence-electron chi connectivity index (χ2n) is 2.09. The van der Waals surface area contributed by atoms with Crippen molar-refractivity contribution in [3.63, 3.8) is 0 Å². The summed E-state index contributed by atoms with van der Waals surface area (Å²) < 4.78 is 1.26. The quantitative estimate of drug-likeness (QED) is 0.316. The van der Waals surface area contributed by atoms with Crippen molar-refractivity contribution < 1.29 is 15.0 Å². The molecule has 5 heteroatoms. The third kappa shape index (κ3) is 1.49. The maximum Gasteiger partial charge on any atom is 0.235 e. The number of aldehydes is 1. The minimum absolute atomic E-state index is 0.0671. The van der Waals surface area contributed by atoms with E-state index >= 15 is 0 Å². The monoisotopic (exact) mass is 163 g/mol. The van der Waals surface area contributed by atoms with Gasteiger partial charge in [-0.05, 0) is 0 Å². The lowest BCUT2D eigenvalue weighted by Gasteiger charge is -2.23. The van der Waals surface area contributed by atoms with E-state index in [1.807, 2.05) is 0 Å². The summed E-state index contributed by atoms with van der Waals surface area (Å²) in [5.41, 5.74) is 0. The predicted molar refractivity (Wildman–Crippen MR) is 37.0 cm³/mol. The van der Waals surface area contributed by atoms with Crippen LogP contribution in [-0.4, -0.2) is 39.0 Å². The van der Waals surface area contributed by atoms with Gasteiger partial charge in [-0.3, -0.25) is 0 Å². The lowest BCUT2D eigenvalue weighted by molar-refractivity contribution is -0.221. The van der Waals surface area contributed by atoms with E-state index in [1.165, 1.54) is 16.3 Å². The molecule has 0 atom stereocenters. The van der Waals surface area contributed by atoms with Gasteiger partial charge in [-0.25, -0.2) is 0 Å². The maximum atomic E-state index is 9.97. The van der Waals surface area contributed by atoms with Crippen LogP contribution in [-0.2, 0) is 4.79 Å². The predicted octanol–water partition coefficient (Wildman–Crippen LogP) is -0.822. The molecule has 1 rings (SSSR count). The Morgan fingerprint density at radius 3 is 2.80 bits per heavy atom. The number of rotatable bonds is 2. The summed E-state index contributed by atoms with van der Waals surface area (Å²) in [6.07, 6.45) is 0.949. The largest absolute Gasteiger partial charge is 0.353 e. The molecule has 10 heavy (non-hydrogen) atoms. The first kappa shape index (κ1) is 8.00. The van der Waals surface area contributed by atoms with Crippen LogP contribution in [0.4, 0.5) is 0 Å². The van der Waals surface area contributed by atoms with E-state index in [1.54, 1.807) is 0 Å². The normalized spacial score (nSPS) is 25.0. The Morgan fingerprint density at radius 1 is 1.70 bits per heavy atom. The zero-order chi connectivity index (χ0) is 7.61. The van der Waals surface area contributed by atoms with Gasteiger partial charge in [0, 0.05) is 12.2 Å². The van der Waals surface area contributed by atoms with E-state index in [-0.39, 0.29) is 6.54 Å². The molecule has 1 saturated heterocycles. The standard InChI is InChI=1S/C5H9NO3S/c7-3-2-6-5(8,9)1-4-10-6/h3,8-9H,1-2,4H2. The number of nitrogens with zero attached hydrogens (tertiary/aromatic N) is 1. The van der Waals surface area contributed by atoms with Crippen LogP contribution >= 0.6 is 11.9 Å². The van der Waals surface area contributed by atoms with Crippen LogP contribution in [0.5, 0.6) is 0 Å². The minimum Gasteiger partial charge on any atom is -0.353 e. The molecule has 1 aliphatic rings. The van der Waals surface area contributed by atoms with Crippen molar-refractivity contribution in [3.05, 3.63) is 0 Å². The molecule has 1 aliphatic heterocycles. The van der Waals surface area contributed by atoms with Crippen LogP contribution in [0.3, 0.4) is 0 Å². The van der Waals surface area contributed by atoms with Gasteiger partial charge in [0.1, 0.15) is 6.29 Å². The van der Waals surface area contributed by atoms with Crippen molar-refractivity contribution in [2.45, 2.75) is 12.3 Å². The van der Waals surface area contributed by atoms with E-state index in [0.717, 1.165) is 0 Å². The smallest absolute Gasteiger partial charge is 0.235 e. The van der Waals surface area contributed by atoms with Crippen molar-refractivity contribution in [1.82, 2.24) is 4.31 Å². The van der Waals surface area contributed by atoms with Crippen LogP contribution < -0.4 is 0 Å². The van der Waals surface area contributed by atoms with Gasteiger partial charge in [-0.1, -0.05) is 11.9 Å². The summed E-state index contributed by atoms with van der Waals surface area (Å²) in [6.45, 7) is 0.0671. The van der Waals surface area contributed by atoms with Gasteiger partial charge in [0.25, 0.3) is 0 Å². The minimum atomic E-state index is -1.77. The Labute approximate surface area is 63.0 Å². The van der Waals surface area contributed by atoms with E-state index in [0.29, 0.717) is 18.5 Å². The van der Waals surface area contributed by atoms with Crippen molar-refractivity contribution >= 4 is 18.2 Å². The Hall–Kier alpha value is -0.100. The molecule has 1 fully saturated rings. The molecule has 0 amide bonds. The average molecular weight is 163 g/mol. The molecule has 0 aromatic carbocycles. The fraction of sp³-hybridized carbons (Fsp3) is 0.800. The van der Waals surface area contributed by atoms with Crippen LogP contribution in [0.15, 0.2) is 0 Å². The molecule has 0 radical (unpaired) electrons. The van der Waals surface area contributed by atoms with Crippen molar-refractivity contribution in [3.8, 4) is 0 Å². The number of carbonyl (C=O) groups excluding carboxylic acids is 1. The summed E-state index contributed by atoms with van der Waals surface area (Å²) in [5.74, 6) is -1.12. The molecular formula is C5H9NO3S. The van der Waals surface area contributed by atoms with Gasteiger partial charge in [-0.15, -0.1) is 0 Å². The molecule has 1 heterocycles. The number of carbonyl (C=O) groups is 1. The molecule has 0 saturated carbocycles. The molecule has 2 N–H and O–H groups in total. The van der Waals surface area contributed by atoms with Crippen molar-refractivity contribution in [1.29, 1.82) is 0 Å². The molecule has 0 aromatic heterocycles. The van der Waals surface area contributed by atoms with E-state index < -0.39 is 5.91 Å².